The molecule has 2 heterocycles. The second-order valence-electron chi connectivity index (χ2n) is 6.34. The van der Waals surface area contributed by atoms with Crippen LogP contribution in [0.15, 0.2) is 58.1 Å². The van der Waals surface area contributed by atoms with Crippen molar-refractivity contribution in [3.8, 4) is 5.75 Å². The molecule has 0 aliphatic rings. The summed E-state index contributed by atoms with van der Waals surface area (Å²) in [5, 5.41) is 3.67. The molecule has 0 unspecified atom stereocenters. The topological polar surface area (TPSA) is 89.0 Å². The summed E-state index contributed by atoms with van der Waals surface area (Å²) in [6.45, 7) is 0.242. The average Bonchev–Trinajstić information content (AvgIpc) is 3.07. The molecule has 8 heteroatoms. The first-order chi connectivity index (χ1) is 13.5. The Morgan fingerprint density at radius 3 is 2.96 bits per heavy atom. The van der Waals surface area contributed by atoms with Crippen molar-refractivity contribution in [2.45, 2.75) is 13.1 Å². The van der Waals surface area contributed by atoms with Crippen LogP contribution in [0.3, 0.4) is 0 Å². The van der Waals surface area contributed by atoms with Crippen molar-refractivity contribution in [3.63, 3.8) is 0 Å². The molecule has 0 saturated heterocycles. The first-order valence-electron chi connectivity index (χ1n) is 8.61. The summed E-state index contributed by atoms with van der Waals surface area (Å²) in [6, 6.07) is 13.1. The monoisotopic (exact) mass is 440 g/mol. The lowest BCUT2D eigenvalue weighted by Crippen LogP contribution is -2.32. The number of hydrogen-bond acceptors (Lipinski definition) is 4. The smallest absolute Gasteiger partial charge is 0.278 e. The highest BCUT2D eigenvalue weighted by molar-refractivity contribution is 9.10. The van der Waals surface area contributed by atoms with Crippen LogP contribution in [0.4, 0.5) is 0 Å². The van der Waals surface area contributed by atoms with Crippen LogP contribution in [0, 0.1) is 0 Å². The van der Waals surface area contributed by atoms with Crippen molar-refractivity contribution in [1.82, 2.24) is 19.9 Å². The molecule has 2 aromatic heterocycles. The minimum absolute atomic E-state index is 0.106. The van der Waals surface area contributed by atoms with Gasteiger partial charge < -0.3 is 15.0 Å². The highest BCUT2D eigenvalue weighted by Crippen LogP contribution is 2.24. The zero-order valence-corrected chi connectivity index (χ0v) is 16.6. The van der Waals surface area contributed by atoms with Gasteiger partial charge in [-0.3, -0.25) is 14.2 Å². The SMILES string of the molecule is COc1cccc(CNC(=O)Cn2cnc3c([nH]c4ccc(Br)cc43)c2=O)c1. The van der Waals surface area contributed by atoms with Gasteiger partial charge in [-0.15, -0.1) is 0 Å². The van der Waals surface area contributed by atoms with Gasteiger partial charge in [0.1, 0.15) is 23.3 Å². The van der Waals surface area contributed by atoms with Crippen molar-refractivity contribution in [2.24, 2.45) is 0 Å². The minimum Gasteiger partial charge on any atom is -0.497 e. The van der Waals surface area contributed by atoms with E-state index < -0.39 is 0 Å². The van der Waals surface area contributed by atoms with E-state index in [2.05, 4.69) is 31.2 Å². The van der Waals surface area contributed by atoms with E-state index in [0.29, 0.717) is 17.6 Å². The molecule has 4 rings (SSSR count). The lowest BCUT2D eigenvalue weighted by molar-refractivity contribution is -0.121. The zero-order valence-electron chi connectivity index (χ0n) is 15.0. The maximum Gasteiger partial charge on any atom is 0.278 e. The van der Waals surface area contributed by atoms with Gasteiger partial charge in [0.05, 0.1) is 13.4 Å². The molecule has 0 aliphatic heterocycles. The molecule has 0 radical (unpaired) electrons. The van der Waals surface area contributed by atoms with Gasteiger partial charge in [0.25, 0.3) is 5.56 Å². The van der Waals surface area contributed by atoms with Crippen LogP contribution < -0.4 is 15.6 Å². The van der Waals surface area contributed by atoms with Crippen LogP contribution in [-0.4, -0.2) is 27.6 Å². The van der Waals surface area contributed by atoms with Crippen LogP contribution in [-0.2, 0) is 17.9 Å². The first kappa shape index (κ1) is 18.2. The summed E-state index contributed by atoms with van der Waals surface area (Å²) in [4.78, 5) is 32.5. The van der Waals surface area contributed by atoms with Gasteiger partial charge >= 0.3 is 0 Å². The number of benzene rings is 2. The number of H-pyrrole nitrogens is 1. The molecule has 2 aromatic carbocycles. The van der Waals surface area contributed by atoms with E-state index in [4.69, 9.17) is 4.74 Å². The number of nitrogens with zero attached hydrogens (tertiary/aromatic N) is 2. The Morgan fingerprint density at radius 1 is 1.29 bits per heavy atom. The molecule has 0 aliphatic carbocycles. The Hall–Kier alpha value is -3.13. The number of halogens is 1. The quantitative estimate of drug-likeness (QED) is 0.499. The highest BCUT2D eigenvalue weighted by atomic mass is 79.9. The summed E-state index contributed by atoms with van der Waals surface area (Å²) in [6.07, 6.45) is 1.41. The number of amides is 1. The van der Waals surface area contributed by atoms with E-state index >= 15 is 0 Å². The molecule has 4 aromatic rings. The fraction of sp³-hybridized carbons (Fsp3) is 0.150. The number of ether oxygens (including phenoxy) is 1. The van der Waals surface area contributed by atoms with Crippen LogP contribution in [0.25, 0.3) is 21.9 Å². The van der Waals surface area contributed by atoms with Crippen LogP contribution >= 0.6 is 15.9 Å². The number of fused-ring (bicyclic) bond motifs is 3. The Bertz CT molecular complexity index is 1250. The van der Waals surface area contributed by atoms with Crippen LogP contribution in [0.2, 0.25) is 0 Å². The Morgan fingerprint density at radius 2 is 2.14 bits per heavy atom. The summed E-state index contributed by atoms with van der Waals surface area (Å²) >= 11 is 3.43. The number of hydrogen-bond donors (Lipinski definition) is 2. The molecular weight excluding hydrogens is 424 g/mol. The summed E-state index contributed by atoms with van der Waals surface area (Å²) in [5.74, 6) is 0.452. The summed E-state index contributed by atoms with van der Waals surface area (Å²) in [5.41, 5.74) is 2.43. The molecule has 0 fully saturated rings. The van der Waals surface area contributed by atoms with Crippen molar-refractivity contribution in [1.29, 1.82) is 0 Å². The molecule has 0 atom stereocenters. The predicted octanol–water partition coefficient (Wildman–Crippen LogP) is 2.97. The van der Waals surface area contributed by atoms with Crippen molar-refractivity contribution >= 4 is 43.8 Å². The third kappa shape index (κ3) is 3.50. The Kier molecular flexibility index (Phi) is 4.87. The Balaban J connectivity index is 1.54. The van der Waals surface area contributed by atoms with Crippen LogP contribution in [0.5, 0.6) is 5.75 Å². The minimum atomic E-state index is -0.283. The predicted molar refractivity (Wildman–Crippen MR) is 110 cm³/mol. The summed E-state index contributed by atoms with van der Waals surface area (Å²) in [7, 11) is 1.59. The number of rotatable bonds is 5. The number of carbonyl (C=O) groups is 1. The van der Waals surface area contributed by atoms with E-state index in [1.165, 1.54) is 10.9 Å². The maximum absolute atomic E-state index is 12.8. The zero-order chi connectivity index (χ0) is 19.7. The van der Waals surface area contributed by atoms with E-state index in [-0.39, 0.29) is 18.0 Å². The molecular formula is C20H17BrN4O3. The average molecular weight is 441 g/mol. The molecule has 1 amide bonds. The molecule has 0 spiro atoms. The van der Waals surface area contributed by atoms with E-state index in [1.54, 1.807) is 7.11 Å². The van der Waals surface area contributed by atoms with Gasteiger partial charge in [0.15, 0.2) is 0 Å². The fourth-order valence-corrected chi connectivity index (χ4v) is 3.43. The lowest BCUT2D eigenvalue weighted by atomic mass is 10.2. The van der Waals surface area contributed by atoms with Gasteiger partial charge in [0.2, 0.25) is 5.91 Å². The number of carbonyl (C=O) groups excluding carboxylic acids is 1. The second kappa shape index (κ2) is 7.47. The van der Waals surface area contributed by atoms with E-state index in [0.717, 1.165) is 26.7 Å². The summed E-state index contributed by atoms with van der Waals surface area (Å²) < 4.78 is 7.38. The largest absolute Gasteiger partial charge is 0.497 e. The molecule has 2 N–H and O–H groups in total. The van der Waals surface area contributed by atoms with Crippen molar-refractivity contribution in [2.75, 3.05) is 7.11 Å². The number of aromatic nitrogens is 3. The van der Waals surface area contributed by atoms with Gasteiger partial charge in [-0.2, -0.15) is 0 Å². The lowest BCUT2D eigenvalue weighted by Gasteiger charge is -2.08. The van der Waals surface area contributed by atoms with Crippen molar-refractivity contribution in [3.05, 3.63) is 69.2 Å². The Labute approximate surface area is 168 Å². The van der Waals surface area contributed by atoms with Crippen LogP contribution in [0.1, 0.15) is 5.56 Å². The normalized spacial score (nSPS) is 11.1. The van der Waals surface area contributed by atoms with Gasteiger partial charge in [-0.1, -0.05) is 28.1 Å². The standard InChI is InChI=1S/C20H17BrN4O3/c1-28-14-4-2-3-12(7-14)9-22-17(26)10-25-11-23-18-15-8-13(21)5-6-16(15)24-19(18)20(25)27/h2-8,11,24H,9-10H2,1H3,(H,22,26). The molecule has 28 heavy (non-hydrogen) atoms. The van der Waals surface area contributed by atoms with Gasteiger partial charge in [-0.05, 0) is 35.9 Å². The van der Waals surface area contributed by atoms with Gasteiger partial charge in [-0.25, -0.2) is 4.98 Å². The fourth-order valence-electron chi connectivity index (χ4n) is 3.07. The van der Waals surface area contributed by atoms with Gasteiger partial charge in [0, 0.05) is 21.9 Å². The third-order valence-corrected chi connectivity index (χ3v) is 4.97. The number of nitrogens with one attached hydrogen (secondary N) is 2. The maximum atomic E-state index is 12.8. The number of methoxy groups -OCH3 is 1. The molecule has 142 valence electrons. The third-order valence-electron chi connectivity index (χ3n) is 4.47. The second-order valence-corrected chi connectivity index (χ2v) is 7.26. The molecule has 0 bridgehead atoms. The van der Waals surface area contributed by atoms with Crippen molar-refractivity contribution < 1.29 is 9.53 Å². The first-order valence-corrected chi connectivity index (χ1v) is 9.40. The highest BCUT2D eigenvalue weighted by Gasteiger charge is 2.13. The van der Waals surface area contributed by atoms with E-state index in [1.807, 2.05) is 42.5 Å². The molecule has 7 nitrogen and oxygen atoms in total. The number of aromatic amines is 1. The van der Waals surface area contributed by atoms with E-state index in [9.17, 15) is 9.59 Å². The molecule has 0 saturated carbocycles.